The topological polar surface area (TPSA) is 124 Å². The average Bonchev–Trinajstić information content (AvgIpc) is 2.52. The van der Waals surface area contributed by atoms with Gasteiger partial charge in [0.25, 0.3) is 0 Å². The van der Waals surface area contributed by atoms with Crippen molar-refractivity contribution in [2.75, 3.05) is 26.9 Å². The molecule has 0 bridgehead atoms. The van der Waals surface area contributed by atoms with Gasteiger partial charge in [0.05, 0.1) is 20.3 Å². The van der Waals surface area contributed by atoms with Crippen LogP contribution in [0.25, 0.3) is 0 Å². The molecule has 1 heterocycles. The molecule has 0 aromatic carbocycles. The van der Waals surface area contributed by atoms with Crippen LogP contribution in [0.5, 0.6) is 0 Å². The van der Waals surface area contributed by atoms with Crippen LogP contribution >= 0.6 is 0 Å². The lowest BCUT2D eigenvalue weighted by atomic mass is 9.96. The minimum Gasteiger partial charge on any atom is -0.467 e. The fourth-order valence-corrected chi connectivity index (χ4v) is 2.18. The van der Waals surface area contributed by atoms with Gasteiger partial charge in [-0.15, -0.1) is 6.58 Å². The lowest BCUT2D eigenvalue weighted by Crippen LogP contribution is -2.65. The van der Waals surface area contributed by atoms with Crippen LogP contribution in [0.2, 0.25) is 0 Å². The van der Waals surface area contributed by atoms with Crippen molar-refractivity contribution in [3.8, 4) is 0 Å². The molecule has 1 saturated heterocycles. The van der Waals surface area contributed by atoms with Gasteiger partial charge in [0, 0.05) is 6.92 Å². The van der Waals surface area contributed by atoms with Gasteiger partial charge in [-0.3, -0.25) is 4.79 Å². The molecule has 1 rings (SSSR count). The summed E-state index contributed by atoms with van der Waals surface area (Å²) in [5.74, 6) is -1.04. The first-order valence-electron chi connectivity index (χ1n) is 7.07. The average molecular weight is 333 g/mol. The molecule has 9 nitrogen and oxygen atoms in total. The van der Waals surface area contributed by atoms with Gasteiger partial charge in [-0.1, -0.05) is 6.08 Å². The van der Waals surface area contributed by atoms with Gasteiger partial charge >= 0.3 is 5.97 Å². The minimum atomic E-state index is -1.27. The number of methoxy groups -OCH3 is 1. The first-order valence-corrected chi connectivity index (χ1v) is 7.07. The van der Waals surface area contributed by atoms with E-state index < -0.39 is 55.7 Å². The molecule has 0 aliphatic carbocycles. The van der Waals surface area contributed by atoms with E-state index in [0.717, 1.165) is 0 Å². The van der Waals surface area contributed by atoms with Gasteiger partial charge in [0.2, 0.25) is 5.91 Å². The predicted molar refractivity (Wildman–Crippen MR) is 77.3 cm³/mol. The summed E-state index contributed by atoms with van der Waals surface area (Å²) in [7, 11) is 1.20. The molecule has 1 amide bonds. The third kappa shape index (κ3) is 5.56. The number of nitrogens with one attached hydrogen (secondary N) is 1. The molecule has 0 radical (unpaired) electrons. The summed E-state index contributed by atoms with van der Waals surface area (Å²) in [5, 5.41) is 22.1. The molecule has 1 aliphatic heterocycles. The molecule has 23 heavy (non-hydrogen) atoms. The van der Waals surface area contributed by atoms with Gasteiger partial charge in [-0.2, -0.15) is 0 Å². The number of carbonyl (C=O) groups excluding carboxylic acids is 2. The standard InChI is InChI=1S/C14H23NO8/c1-4-5-21-14-11(15-8(2)17)13(22-7-10(18)20-3)12(19)9(6-16)23-14/h4,9,11-14,16,19H,1,5-7H2,2-3H3,(H,15,17)/t9-,11-,12-,13-,14+/m1/s1. The number of hydrogen-bond donors (Lipinski definition) is 3. The van der Waals surface area contributed by atoms with E-state index in [2.05, 4.69) is 16.6 Å². The van der Waals surface area contributed by atoms with Crippen LogP contribution < -0.4 is 5.32 Å². The van der Waals surface area contributed by atoms with Gasteiger partial charge < -0.3 is 34.5 Å². The third-order valence-corrected chi connectivity index (χ3v) is 3.22. The van der Waals surface area contributed by atoms with Crippen LogP contribution in [-0.2, 0) is 28.5 Å². The van der Waals surface area contributed by atoms with Crippen molar-refractivity contribution in [1.29, 1.82) is 0 Å². The molecule has 0 saturated carbocycles. The van der Waals surface area contributed by atoms with E-state index >= 15 is 0 Å². The van der Waals surface area contributed by atoms with Crippen molar-refractivity contribution in [1.82, 2.24) is 5.32 Å². The van der Waals surface area contributed by atoms with Crippen LogP contribution in [0.15, 0.2) is 12.7 Å². The zero-order chi connectivity index (χ0) is 17.4. The lowest BCUT2D eigenvalue weighted by molar-refractivity contribution is -0.274. The summed E-state index contributed by atoms with van der Waals surface area (Å²) in [6, 6.07) is -0.880. The number of carbonyl (C=O) groups is 2. The normalized spacial score (nSPS) is 30.5. The Bertz CT molecular complexity index is 416. The minimum absolute atomic E-state index is 0.124. The summed E-state index contributed by atoms with van der Waals surface area (Å²) in [4.78, 5) is 22.7. The van der Waals surface area contributed by atoms with E-state index in [1.807, 2.05) is 0 Å². The summed E-state index contributed by atoms with van der Waals surface area (Å²) < 4.78 is 20.7. The number of rotatable bonds is 8. The van der Waals surface area contributed by atoms with E-state index in [-0.39, 0.29) is 6.61 Å². The molecule has 0 aromatic heterocycles. The largest absolute Gasteiger partial charge is 0.467 e. The Labute approximate surface area is 134 Å². The smallest absolute Gasteiger partial charge is 0.331 e. The molecule has 3 N–H and O–H groups in total. The number of aliphatic hydroxyl groups is 2. The fraction of sp³-hybridized carbons (Fsp3) is 0.714. The Hall–Kier alpha value is -1.52. The van der Waals surface area contributed by atoms with E-state index in [1.54, 1.807) is 0 Å². The van der Waals surface area contributed by atoms with Gasteiger partial charge in [0.1, 0.15) is 31.0 Å². The van der Waals surface area contributed by atoms with E-state index in [0.29, 0.717) is 0 Å². The zero-order valence-corrected chi connectivity index (χ0v) is 13.1. The Morgan fingerprint density at radius 2 is 2.09 bits per heavy atom. The van der Waals surface area contributed by atoms with Crippen molar-refractivity contribution in [3.05, 3.63) is 12.7 Å². The highest BCUT2D eigenvalue weighted by Crippen LogP contribution is 2.24. The lowest BCUT2D eigenvalue weighted by Gasteiger charge is -2.43. The highest BCUT2D eigenvalue weighted by Gasteiger charge is 2.47. The summed E-state index contributed by atoms with van der Waals surface area (Å²) >= 11 is 0. The maximum Gasteiger partial charge on any atom is 0.331 e. The van der Waals surface area contributed by atoms with Crippen LogP contribution in [0.4, 0.5) is 0 Å². The number of ether oxygens (including phenoxy) is 4. The molecule has 1 aliphatic rings. The molecule has 5 atom stereocenters. The number of amides is 1. The SMILES string of the molecule is C=CCO[C@H]1O[C@H](CO)[C@@H](O)[C@H](OCC(=O)OC)[C@H]1NC(C)=O. The molecule has 9 heteroatoms. The highest BCUT2D eigenvalue weighted by atomic mass is 16.7. The monoisotopic (exact) mass is 333 g/mol. The van der Waals surface area contributed by atoms with Gasteiger partial charge in [-0.25, -0.2) is 4.79 Å². The molecule has 0 unspecified atom stereocenters. The predicted octanol–water partition coefficient (Wildman–Crippen LogP) is -1.67. The van der Waals surface area contributed by atoms with Gasteiger partial charge in [-0.05, 0) is 0 Å². The summed E-state index contributed by atoms with van der Waals surface area (Å²) in [5.41, 5.74) is 0. The van der Waals surface area contributed by atoms with E-state index in [9.17, 15) is 19.8 Å². The van der Waals surface area contributed by atoms with Crippen molar-refractivity contribution in [2.24, 2.45) is 0 Å². The van der Waals surface area contributed by atoms with Crippen LogP contribution in [0.1, 0.15) is 6.92 Å². The number of esters is 1. The van der Waals surface area contributed by atoms with Crippen molar-refractivity contribution in [3.63, 3.8) is 0 Å². The van der Waals surface area contributed by atoms with Crippen LogP contribution in [-0.4, -0.2) is 79.7 Å². The second-order valence-electron chi connectivity index (χ2n) is 4.92. The van der Waals surface area contributed by atoms with Crippen LogP contribution in [0, 0.1) is 0 Å². The molecule has 0 aromatic rings. The maximum absolute atomic E-state index is 11.4. The highest BCUT2D eigenvalue weighted by molar-refractivity contribution is 5.73. The number of hydrogen-bond acceptors (Lipinski definition) is 8. The Morgan fingerprint density at radius 1 is 1.39 bits per heavy atom. The second kappa shape index (κ2) is 9.58. The quantitative estimate of drug-likeness (QED) is 0.356. The van der Waals surface area contributed by atoms with Crippen molar-refractivity contribution in [2.45, 2.75) is 37.6 Å². The first kappa shape index (κ1) is 19.5. The van der Waals surface area contributed by atoms with E-state index in [1.165, 1.54) is 20.1 Å². The van der Waals surface area contributed by atoms with Crippen molar-refractivity contribution >= 4 is 11.9 Å². The Kier molecular flexibility index (Phi) is 8.13. The summed E-state index contributed by atoms with van der Waals surface area (Å²) in [6.45, 7) is 4.01. The fourth-order valence-electron chi connectivity index (χ4n) is 2.18. The molecular weight excluding hydrogens is 310 g/mol. The Morgan fingerprint density at radius 3 is 2.61 bits per heavy atom. The third-order valence-electron chi connectivity index (χ3n) is 3.22. The van der Waals surface area contributed by atoms with E-state index in [4.69, 9.17) is 14.2 Å². The second-order valence-corrected chi connectivity index (χ2v) is 4.92. The zero-order valence-electron chi connectivity index (χ0n) is 13.1. The van der Waals surface area contributed by atoms with Gasteiger partial charge in [0.15, 0.2) is 6.29 Å². The molecule has 0 spiro atoms. The van der Waals surface area contributed by atoms with Crippen LogP contribution in [0.3, 0.4) is 0 Å². The first-order chi connectivity index (χ1) is 10.9. The number of aliphatic hydroxyl groups excluding tert-OH is 2. The molecule has 132 valence electrons. The Balaban J connectivity index is 2.94. The maximum atomic E-state index is 11.4. The molecule has 1 fully saturated rings. The molecular formula is C14H23NO8. The summed E-state index contributed by atoms with van der Waals surface area (Å²) in [6.07, 6.45) is -2.79. The van der Waals surface area contributed by atoms with Crippen molar-refractivity contribution < 1.29 is 38.7 Å².